The summed E-state index contributed by atoms with van der Waals surface area (Å²) in [7, 11) is 1.62. The first-order chi connectivity index (χ1) is 11.7. The van der Waals surface area contributed by atoms with Gasteiger partial charge in [0, 0.05) is 16.4 Å². The lowest BCUT2D eigenvalue weighted by Crippen LogP contribution is -2.07. The summed E-state index contributed by atoms with van der Waals surface area (Å²) in [6.07, 6.45) is 0. The summed E-state index contributed by atoms with van der Waals surface area (Å²) in [5, 5.41) is 0. The molecule has 0 N–H and O–H groups in total. The second-order valence-electron chi connectivity index (χ2n) is 4.97. The van der Waals surface area contributed by atoms with Crippen LogP contribution in [-0.2, 0) is 4.74 Å². The summed E-state index contributed by atoms with van der Waals surface area (Å²) in [5.41, 5.74) is 1.93. The molecule has 128 valence electrons. The maximum Gasteiger partial charge on any atom is 0.161 e. The number of benzene rings is 2. The third-order valence-corrected chi connectivity index (χ3v) is 4.54. The summed E-state index contributed by atoms with van der Waals surface area (Å²) < 4.78 is 16.4. The first kappa shape index (κ1) is 18.8. The fourth-order valence-corrected chi connectivity index (χ4v) is 2.70. The van der Waals surface area contributed by atoms with Gasteiger partial charge in [0.1, 0.15) is 6.61 Å². The van der Waals surface area contributed by atoms with E-state index in [-0.39, 0.29) is 0 Å². The van der Waals surface area contributed by atoms with Crippen molar-refractivity contribution < 1.29 is 14.2 Å². The molecule has 5 heteroatoms. The normalized spacial score (nSPS) is 11.8. The van der Waals surface area contributed by atoms with Gasteiger partial charge >= 0.3 is 0 Å². The van der Waals surface area contributed by atoms with E-state index in [1.807, 2.05) is 55.5 Å². The summed E-state index contributed by atoms with van der Waals surface area (Å²) in [6.45, 7) is 3.66. The predicted octanol–water partition coefficient (Wildman–Crippen LogP) is 4.80. The number of hydrogen-bond acceptors (Lipinski definition) is 5. The molecule has 0 radical (unpaired) electrons. The average molecular weight is 363 g/mol. The molecule has 0 saturated carbocycles. The van der Waals surface area contributed by atoms with E-state index in [1.165, 1.54) is 0 Å². The number of thiol groups is 2. The molecular formula is C19H22O3S2. The van der Waals surface area contributed by atoms with Crippen molar-refractivity contribution in [2.75, 3.05) is 26.9 Å². The molecule has 0 spiro atoms. The number of rotatable bonds is 8. The van der Waals surface area contributed by atoms with Gasteiger partial charge in [0.25, 0.3) is 0 Å². The first-order valence-corrected chi connectivity index (χ1v) is 8.63. The van der Waals surface area contributed by atoms with Crippen molar-refractivity contribution in [3.8, 4) is 11.5 Å². The van der Waals surface area contributed by atoms with Gasteiger partial charge in [-0.2, -0.15) is 0 Å². The van der Waals surface area contributed by atoms with Crippen molar-refractivity contribution in [1.82, 2.24) is 0 Å². The molecule has 0 heterocycles. The Hall–Kier alpha value is -1.56. The Balaban J connectivity index is 2.22. The van der Waals surface area contributed by atoms with E-state index in [9.17, 15) is 0 Å². The lowest BCUT2D eigenvalue weighted by molar-refractivity contribution is 0.109. The van der Waals surface area contributed by atoms with Crippen LogP contribution < -0.4 is 9.47 Å². The van der Waals surface area contributed by atoms with Gasteiger partial charge in [0.15, 0.2) is 11.5 Å². The SMILES string of the molecule is CCOCCOc1ccc(/C(S)=C(/S)c2ccccc2)cc1OC. The van der Waals surface area contributed by atoms with Gasteiger partial charge in [-0.1, -0.05) is 30.3 Å². The minimum absolute atomic E-state index is 0.481. The molecule has 2 rings (SSSR count). The van der Waals surface area contributed by atoms with Crippen molar-refractivity contribution in [3.63, 3.8) is 0 Å². The fraction of sp³-hybridized carbons (Fsp3) is 0.263. The predicted molar refractivity (Wildman–Crippen MR) is 106 cm³/mol. The van der Waals surface area contributed by atoms with Crippen LogP contribution in [0, 0.1) is 0 Å². The van der Waals surface area contributed by atoms with Crippen molar-refractivity contribution >= 4 is 35.1 Å². The third kappa shape index (κ3) is 4.97. The van der Waals surface area contributed by atoms with Crippen molar-refractivity contribution in [2.45, 2.75) is 6.92 Å². The van der Waals surface area contributed by atoms with Crippen LogP contribution in [0.2, 0.25) is 0 Å². The van der Waals surface area contributed by atoms with E-state index in [1.54, 1.807) is 7.11 Å². The maximum atomic E-state index is 5.70. The topological polar surface area (TPSA) is 27.7 Å². The molecule has 2 aromatic rings. The highest BCUT2D eigenvalue weighted by Crippen LogP contribution is 2.36. The molecule has 0 aliphatic rings. The van der Waals surface area contributed by atoms with Gasteiger partial charge in [-0.3, -0.25) is 0 Å². The van der Waals surface area contributed by atoms with Crippen LogP contribution in [0.25, 0.3) is 9.81 Å². The maximum absolute atomic E-state index is 5.70. The monoisotopic (exact) mass is 362 g/mol. The molecule has 0 atom stereocenters. The molecule has 2 aromatic carbocycles. The highest BCUT2D eigenvalue weighted by molar-refractivity contribution is 7.96. The highest BCUT2D eigenvalue weighted by atomic mass is 32.1. The largest absolute Gasteiger partial charge is 0.493 e. The zero-order valence-electron chi connectivity index (χ0n) is 13.9. The van der Waals surface area contributed by atoms with Crippen LogP contribution in [0.1, 0.15) is 18.1 Å². The number of ether oxygens (including phenoxy) is 3. The standard InChI is InChI=1S/C19H22O3S2/c1-3-21-11-12-22-16-10-9-15(13-17(16)20-2)19(24)18(23)14-7-5-4-6-8-14/h4-10,13,23-24H,3,11-12H2,1-2H3/b19-18-. The molecule has 0 amide bonds. The minimum Gasteiger partial charge on any atom is -0.493 e. The lowest BCUT2D eigenvalue weighted by atomic mass is 10.1. The molecule has 0 aliphatic carbocycles. The smallest absolute Gasteiger partial charge is 0.161 e. The second-order valence-corrected chi connectivity index (χ2v) is 5.87. The van der Waals surface area contributed by atoms with Crippen LogP contribution in [0.5, 0.6) is 11.5 Å². The molecule has 24 heavy (non-hydrogen) atoms. The molecule has 0 bridgehead atoms. The Morgan fingerprint density at radius 3 is 2.25 bits per heavy atom. The van der Waals surface area contributed by atoms with Gasteiger partial charge in [0.05, 0.1) is 13.7 Å². The number of methoxy groups -OCH3 is 1. The van der Waals surface area contributed by atoms with Crippen LogP contribution in [0.3, 0.4) is 0 Å². The van der Waals surface area contributed by atoms with E-state index in [4.69, 9.17) is 14.2 Å². The van der Waals surface area contributed by atoms with Crippen molar-refractivity contribution in [3.05, 3.63) is 59.7 Å². The van der Waals surface area contributed by atoms with Gasteiger partial charge in [-0.05, 0) is 36.2 Å². The molecule has 3 nitrogen and oxygen atoms in total. The average Bonchev–Trinajstić information content (AvgIpc) is 2.64. The third-order valence-electron chi connectivity index (χ3n) is 3.40. The van der Waals surface area contributed by atoms with Crippen LogP contribution in [-0.4, -0.2) is 26.9 Å². The minimum atomic E-state index is 0.481. The van der Waals surface area contributed by atoms with Gasteiger partial charge < -0.3 is 14.2 Å². The Kier molecular flexibility index (Phi) is 7.56. The zero-order valence-corrected chi connectivity index (χ0v) is 15.6. The summed E-state index contributed by atoms with van der Waals surface area (Å²) in [6, 6.07) is 15.6. The zero-order chi connectivity index (χ0) is 17.4. The highest BCUT2D eigenvalue weighted by Gasteiger charge is 2.10. The van der Waals surface area contributed by atoms with Crippen LogP contribution in [0.15, 0.2) is 48.5 Å². The van der Waals surface area contributed by atoms with E-state index in [2.05, 4.69) is 25.3 Å². The Morgan fingerprint density at radius 2 is 1.58 bits per heavy atom. The van der Waals surface area contributed by atoms with Crippen LogP contribution >= 0.6 is 25.3 Å². The van der Waals surface area contributed by atoms with Gasteiger partial charge in [-0.25, -0.2) is 0 Å². The molecule has 0 aliphatic heterocycles. The summed E-state index contributed by atoms with van der Waals surface area (Å²) in [4.78, 5) is 1.59. The molecular weight excluding hydrogens is 340 g/mol. The lowest BCUT2D eigenvalue weighted by Gasteiger charge is -2.13. The summed E-state index contributed by atoms with van der Waals surface area (Å²) in [5.74, 6) is 1.34. The van der Waals surface area contributed by atoms with Gasteiger partial charge in [-0.15, -0.1) is 25.3 Å². The van der Waals surface area contributed by atoms with Crippen molar-refractivity contribution in [2.24, 2.45) is 0 Å². The number of hydrogen-bond donors (Lipinski definition) is 2. The van der Waals surface area contributed by atoms with Crippen molar-refractivity contribution in [1.29, 1.82) is 0 Å². The second kappa shape index (κ2) is 9.67. The van der Waals surface area contributed by atoms with E-state index < -0.39 is 0 Å². The molecule has 0 aromatic heterocycles. The first-order valence-electron chi connectivity index (χ1n) is 7.74. The van der Waals surface area contributed by atoms with Crippen LogP contribution in [0.4, 0.5) is 0 Å². The van der Waals surface area contributed by atoms with E-state index in [0.29, 0.717) is 31.3 Å². The molecule has 0 saturated heterocycles. The fourth-order valence-electron chi connectivity index (χ4n) is 2.16. The Bertz CT molecular complexity index is 684. The summed E-state index contributed by atoms with van der Waals surface area (Å²) >= 11 is 9.24. The Morgan fingerprint density at radius 1 is 0.875 bits per heavy atom. The van der Waals surface area contributed by atoms with E-state index >= 15 is 0 Å². The Labute approximate surface area is 154 Å². The molecule has 0 unspecified atom stereocenters. The van der Waals surface area contributed by atoms with E-state index in [0.717, 1.165) is 20.9 Å². The van der Waals surface area contributed by atoms with Gasteiger partial charge in [0.2, 0.25) is 0 Å². The quantitative estimate of drug-likeness (QED) is 0.401. The molecule has 0 fully saturated rings.